The Labute approximate surface area is 190 Å². The van der Waals surface area contributed by atoms with E-state index in [1.807, 2.05) is 30.3 Å². The molecule has 0 fully saturated rings. The summed E-state index contributed by atoms with van der Waals surface area (Å²) >= 11 is 0. The molecule has 0 aliphatic rings. The molecule has 0 saturated heterocycles. The maximum atomic E-state index is 13.3. The minimum absolute atomic E-state index is 0.0353. The molecule has 4 aromatic rings. The van der Waals surface area contributed by atoms with E-state index in [0.717, 1.165) is 5.69 Å². The summed E-state index contributed by atoms with van der Waals surface area (Å²) in [6, 6.07) is 21.4. The van der Waals surface area contributed by atoms with Crippen LogP contribution in [0.2, 0.25) is 0 Å². The standard InChI is InChI=1S/C24H21FN4O3S/c25-21-8-4-6-18(12-21)15-28-33(31,32)23-11-5-7-19(13-23)14-26-24(30)20-16-27-29(17-20)22-9-2-1-3-10-22/h1-13,16-17,28H,14-15H2,(H,26,30). The average Bonchev–Trinajstić information content (AvgIpc) is 3.33. The highest BCUT2D eigenvalue weighted by Crippen LogP contribution is 2.13. The van der Waals surface area contributed by atoms with E-state index in [4.69, 9.17) is 0 Å². The number of amides is 1. The molecule has 0 unspecified atom stereocenters. The van der Waals surface area contributed by atoms with Crippen molar-refractivity contribution in [3.63, 3.8) is 0 Å². The summed E-state index contributed by atoms with van der Waals surface area (Å²) in [4.78, 5) is 12.6. The number of hydrogen-bond acceptors (Lipinski definition) is 4. The molecule has 1 amide bonds. The van der Waals surface area contributed by atoms with Crippen LogP contribution < -0.4 is 10.0 Å². The fraction of sp³-hybridized carbons (Fsp3) is 0.0833. The van der Waals surface area contributed by atoms with Crippen molar-refractivity contribution in [1.29, 1.82) is 0 Å². The molecule has 168 valence electrons. The smallest absolute Gasteiger partial charge is 0.254 e. The number of hydrogen-bond donors (Lipinski definition) is 2. The molecule has 4 rings (SSSR count). The Bertz CT molecular complexity index is 1370. The Morgan fingerprint density at radius 1 is 0.909 bits per heavy atom. The SMILES string of the molecule is O=C(NCc1cccc(S(=O)(=O)NCc2cccc(F)c2)c1)c1cnn(-c2ccccc2)c1. The molecule has 0 aliphatic heterocycles. The van der Waals surface area contributed by atoms with Gasteiger partial charge in [0.2, 0.25) is 10.0 Å². The Morgan fingerprint density at radius 3 is 2.39 bits per heavy atom. The maximum absolute atomic E-state index is 13.3. The number of carbonyl (C=O) groups is 1. The van der Waals surface area contributed by atoms with Crippen molar-refractivity contribution in [2.75, 3.05) is 0 Å². The van der Waals surface area contributed by atoms with E-state index in [-0.39, 0.29) is 23.9 Å². The molecular formula is C24H21FN4O3S. The number of nitrogens with zero attached hydrogens (tertiary/aromatic N) is 2. The highest BCUT2D eigenvalue weighted by Gasteiger charge is 2.15. The Balaban J connectivity index is 1.39. The Kier molecular flexibility index (Phi) is 6.62. The summed E-state index contributed by atoms with van der Waals surface area (Å²) in [6.07, 6.45) is 3.10. The fourth-order valence-corrected chi connectivity index (χ4v) is 4.27. The third-order valence-corrected chi connectivity index (χ3v) is 6.28. The lowest BCUT2D eigenvalue weighted by atomic mass is 10.2. The van der Waals surface area contributed by atoms with Crippen LogP contribution in [0.15, 0.2) is 96.2 Å². The number of rotatable bonds is 8. The molecule has 0 spiro atoms. The lowest BCUT2D eigenvalue weighted by Crippen LogP contribution is -2.24. The lowest BCUT2D eigenvalue weighted by molar-refractivity contribution is 0.0951. The monoisotopic (exact) mass is 464 g/mol. The summed E-state index contributed by atoms with van der Waals surface area (Å²) in [5.41, 5.74) is 2.35. The summed E-state index contributed by atoms with van der Waals surface area (Å²) in [6.45, 7) is 0.106. The van der Waals surface area contributed by atoms with Crippen LogP contribution in [0, 0.1) is 5.82 Å². The first-order valence-corrected chi connectivity index (χ1v) is 11.6. The van der Waals surface area contributed by atoms with Crippen LogP contribution in [0.25, 0.3) is 5.69 Å². The topological polar surface area (TPSA) is 93.1 Å². The van der Waals surface area contributed by atoms with Gasteiger partial charge >= 0.3 is 0 Å². The van der Waals surface area contributed by atoms with Gasteiger partial charge in [-0.25, -0.2) is 22.2 Å². The molecule has 0 bridgehead atoms. The van der Waals surface area contributed by atoms with E-state index in [1.165, 1.54) is 36.5 Å². The molecular weight excluding hydrogens is 443 g/mol. The quantitative estimate of drug-likeness (QED) is 0.418. The van der Waals surface area contributed by atoms with Crippen LogP contribution in [0.4, 0.5) is 4.39 Å². The number of para-hydroxylation sites is 1. The first-order chi connectivity index (χ1) is 15.9. The second kappa shape index (κ2) is 9.76. The predicted molar refractivity (Wildman–Crippen MR) is 122 cm³/mol. The zero-order valence-corrected chi connectivity index (χ0v) is 18.3. The lowest BCUT2D eigenvalue weighted by Gasteiger charge is -2.09. The van der Waals surface area contributed by atoms with Crippen LogP contribution in [0.5, 0.6) is 0 Å². The minimum Gasteiger partial charge on any atom is -0.348 e. The van der Waals surface area contributed by atoms with Crippen LogP contribution in [0.3, 0.4) is 0 Å². The highest BCUT2D eigenvalue weighted by atomic mass is 32.2. The number of aromatic nitrogens is 2. The van der Waals surface area contributed by atoms with E-state index < -0.39 is 15.8 Å². The molecule has 33 heavy (non-hydrogen) atoms. The van der Waals surface area contributed by atoms with Gasteiger partial charge in [0, 0.05) is 19.3 Å². The van der Waals surface area contributed by atoms with Crippen molar-refractivity contribution >= 4 is 15.9 Å². The fourth-order valence-electron chi connectivity index (χ4n) is 3.18. The normalized spacial score (nSPS) is 11.3. The Morgan fingerprint density at radius 2 is 1.64 bits per heavy atom. The van der Waals surface area contributed by atoms with Crippen molar-refractivity contribution in [3.05, 3.63) is 114 Å². The zero-order valence-electron chi connectivity index (χ0n) is 17.5. The van der Waals surface area contributed by atoms with Crippen LogP contribution in [-0.4, -0.2) is 24.1 Å². The molecule has 2 N–H and O–H groups in total. The third-order valence-electron chi connectivity index (χ3n) is 4.88. The van der Waals surface area contributed by atoms with Gasteiger partial charge in [-0.1, -0.05) is 42.5 Å². The highest BCUT2D eigenvalue weighted by molar-refractivity contribution is 7.89. The van der Waals surface area contributed by atoms with Crippen molar-refractivity contribution in [2.24, 2.45) is 0 Å². The van der Waals surface area contributed by atoms with E-state index in [9.17, 15) is 17.6 Å². The van der Waals surface area contributed by atoms with Crippen LogP contribution in [-0.2, 0) is 23.1 Å². The summed E-state index contributed by atoms with van der Waals surface area (Å²) in [5.74, 6) is -0.756. The summed E-state index contributed by atoms with van der Waals surface area (Å²) in [7, 11) is -3.81. The van der Waals surface area contributed by atoms with Crippen LogP contribution in [0.1, 0.15) is 21.5 Å². The van der Waals surface area contributed by atoms with Gasteiger partial charge in [-0.05, 0) is 47.5 Å². The van der Waals surface area contributed by atoms with Gasteiger partial charge in [-0.3, -0.25) is 4.79 Å². The summed E-state index contributed by atoms with van der Waals surface area (Å²) in [5, 5.41) is 6.98. The van der Waals surface area contributed by atoms with Crippen molar-refractivity contribution in [3.8, 4) is 5.69 Å². The molecule has 3 aromatic carbocycles. The van der Waals surface area contributed by atoms with Crippen molar-refractivity contribution in [2.45, 2.75) is 18.0 Å². The van der Waals surface area contributed by atoms with Gasteiger partial charge in [-0.15, -0.1) is 0 Å². The number of benzene rings is 3. The molecule has 1 heterocycles. The molecule has 0 atom stereocenters. The first-order valence-electron chi connectivity index (χ1n) is 10.1. The second-order valence-corrected chi connectivity index (χ2v) is 9.06. The Hall–Kier alpha value is -3.82. The van der Waals surface area contributed by atoms with Crippen LogP contribution >= 0.6 is 0 Å². The second-order valence-electron chi connectivity index (χ2n) is 7.29. The van der Waals surface area contributed by atoms with Crippen molar-refractivity contribution in [1.82, 2.24) is 19.8 Å². The maximum Gasteiger partial charge on any atom is 0.254 e. The molecule has 1 aromatic heterocycles. The number of halogens is 1. The van der Waals surface area contributed by atoms with Gasteiger partial charge in [-0.2, -0.15) is 5.10 Å². The van der Waals surface area contributed by atoms with Gasteiger partial charge in [0.25, 0.3) is 5.91 Å². The largest absolute Gasteiger partial charge is 0.348 e. The molecule has 0 saturated carbocycles. The van der Waals surface area contributed by atoms with Crippen molar-refractivity contribution < 1.29 is 17.6 Å². The van der Waals surface area contributed by atoms with Gasteiger partial charge in [0.1, 0.15) is 5.82 Å². The molecule has 0 aliphatic carbocycles. The van der Waals surface area contributed by atoms with Gasteiger partial charge < -0.3 is 5.32 Å². The van der Waals surface area contributed by atoms with Gasteiger partial charge in [0.05, 0.1) is 22.3 Å². The number of nitrogens with one attached hydrogen (secondary N) is 2. The van der Waals surface area contributed by atoms with E-state index in [0.29, 0.717) is 16.7 Å². The molecule has 0 radical (unpaired) electrons. The number of sulfonamides is 1. The summed E-state index contributed by atoms with van der Waals surface area (Å²) < 4.78 is 42.6. The van der Waals surface area contributed by atoms with Gasteiger partial charge in [0.15, 0.2) is 0 Å². The van der Waals surface area contributed by atoms with E-state index in [1.54, 1.807) is 29.1 Å². The number of carbonyl (C=O) groups excluding carboxylic acids is 1. The van der Waals surface area contributed by atoms with E-state index >= 15 is 0 Å². The molecule has 7 nitrogen and oxygen atoms in total. The van der Waals surface area contributed by atoms with E-state index in [2.05, 4.69) is 15.1 Å². The minimum atomic E-state index is -3.81. The third kappa shape index (κ3) is 5.71. The first kappa shape index (κ1) is 22.4. The average molecular weight is 465 g/mol. The molecule has 9 heteroatoms. The predicted octanol–water partition coefficient (Wildman–Crippen LogP) is 3.42. The zero-order chi connectivity index (χ0) is 23.3.